The summed E-state index contributed by atoms with van der Waals surface area (Å²) in [5, 5.41) is 0. The third-order valence-electron chi connectivity index (χ3n) is 3.50. The lowest BCUT2D eigenvalue weighted by Gasteiger charge is -2.30. The van der Waals surface area contributed by atoms with Crippen molar-refractivity contribution in [2.45, 2.75) is 58.1 Å². The molecule has 0 aromatic heterocycles. The Morgan fingerprint density at radius 3 is 2.94 bits per heavy atom. The number of hydrogen-bond donors (Lipinski definition) is 1. The first kappa shape index (κ1) is 12.4. The van der Waals surface area contributed by atoms with Gasteiger partial charge in [0.2, 0.25) is 0 Å². The molecule has 0 bridgehead atoms. The number of fused-ring (bicyclic) bond motifs is 1. The molecule has 0 aliphatic carbocycles. The van der Waals surface area contributed by atoms with Crippen molar-refractivity contribution in [2.24, 2.45) is 5.73 Å². The lowest BCUT2D eigenvalue weighted by molar-refractivity contribution is 0.147. The number of rotatable bonds is 4. The number of nitrogens with two attached hydrogens (primary N) is 1. The van der Waals surface area contributed by atoms with Crippen LogP contribution in [0.5, 0.6) is 5.75 Å². The molecule has 0 amide bonds. The van der Waals surface area contributed by atoms with Gasteiger partial charge in [-0.15, -0.1) is 0 Å². The monoisotopic (exact) mass is 233 g/mol. The lowest BCUT2D eigenvalue weighted by Crippen LogP contribution is -2.29. The Bertz CT molecular complexity index is 375. The van der Waals surface area contributed by atoms with Crippen LogP contribution in [0.1, 0.15) is 56.2 Å². The van der Waals surface area contributed by atoms with E-state index in [0.717, 1.165) is 18.6 Å². The highest BCUT2D eigenvalue weighted by Gasteiger charge is 2.25. The zero-order valence-corrected chi connectivity index (χ0v) is 10.9. The maximum Gasteiger partial charge on any atom is 0.124 e. The fourth-order valence-electron chi connectivity index (χ4n) is 2.50. The van der Waals surface area contributed by atoms with Crippen molar-refractivity contribution in [3.05, 3.63) is 29.3 Å². The molecule has 2 unspecified atom stereocenters. The fourth-order valence-corrected chi connectivity index (χ4v) is 2.50. The van der Waals surface area contributed by atoms with Crippen molar-refractivity contribution < 1.29 is 4.74 Å². The van der Waals surface area contributed by atoms with Gasteiger partial charge in [0.1, 0.15) is 11.9 Å². The zero-order valence-electron chi connectivity index (χ0n) is 10.9. The van der Waals surface area contributed by atoms with Crippen LogP contribution in [0.3, 0.4) is 0 Å². The largest absolute Gasteiger partial charge is 0.490 e. The van der Waals surface area contributed by atoms with Gasteiger partial charge in [-0.2, -0.15) is 0 Å². The summed E-state index contributed by atoms with van der Waals surface area (Å²) in [4.78, 5) is 0. The van der Waals surface area contributed by atoms with E-state index < -0.39 is 0 Å². The van der Waals surface area contributed by atoms with E-state index in [4.69, 9.17) is 10.5 Å². The second kappa shape index (κ2) is 5.54. The summed E-state index contributed by atoms with van der Waals surface area (Å²) in [6.45, 7) is 4.33. The number of aryl methyl sites for hydroxylation is 1. The number of hydrogen-bond acceptors (Lipinski definition) is 2. The topological polar surface area (TPSA) is 35.2 Å². The first-order chi connectivity index (χ1) is 8.20. The van der Waals surface area contributed by atoms with Crippen molar-refractivity contribution in [3.63, 3.8) is 0 Å². The van der Waals surface area contributed by atoms with Crippen LogP contribution >= 0.6 is 0 Å². The number of unbranched alkanes of at least 4 members (excludes halogenated alkanes) is 2. The van der Waals surface area contributed by atoms with E-state index in [-0.39, 0.29) is 6.04 Å². The van der Waals surface area contributed by atoms with E-state index in [1.165, 1.54) is 30.4 Å². The smallest absolute Gasteiger partial charge is 0.124 e. The van der Waals surface area contributed by atoms with Gasteiger partial charge in [-0.3, -0.25) is 0 Å². The predicted molar refractivity (Wildman–Crippen MR) is 71.3 cm³/mol. The molecule has 17 heavy (non-hydrogen) atoms. The van der Waals surface area contributed by atoms with Crippen LogP contribution in [-0.2, 0) is 0 Å². The second-order valence-electron chi connectivity index (χ2n) is 5.12. The Balaban J connectivity index is 2.03. The van der Waals surface area contributed by atoms with Crippen LogP contribution in [-0.4, -0.2) is 6.10 Å². The summed E-state index contributed by atoms with van der Waals surface area (Å²) in [5.74, 6) is 0.996. The van der Waals surface area contributed by atoms with Gasteiger partial charge in [0.25, 0.3) is 0 Å². The Hall–Kier alpha value is -1.02. The average Bonchev–Trinajstić information content (AvgIpc) is 2.31. The predicted octanol–water partition coefficient (Wildman–Crippen LogP) is 3.73. The standard InChI is InChI=1S/C15H23NO/c1-3-4-5-6-12-10-14(16)13-9-11(2)7-8-15(13)17-12/h7-9,12,14H,3-6,10,16H2,1-2H3. The quantitative estimate of drug-likeness (QED) is 0.804. The van der Waals surface area contributed by atoms with Crippen molar-refractivity contribution in [1.29, 1.82) is 0 Å². The Morgan fingerprint density at radius 2 is 2.18 bits per heavy atom. The van der Waals surface area contributed by atoms with Gasteiger partial charge in [-0.25, -0.2) is 0 Å². The van der Waals surface area contributed by atoms with E-state index in [0.29, 0.717) is 6.10 Å². The highest BCUT2D eigenvalue weighted by molar-refractivity contribution is 5.40. The third-order valence-corrected chi connectivity index (χ3v) is 3.50. The van der Waals surface area contributed by atoms with E-state index in [9.17, 15) is 0 Å². The van der Waals surface area contributed by atoms with Crippen molar-refractivity contribution in [2.75, 3.05) is 0 Å². The normalized spacial score (nSPS) is 23.0. The van der Waals surface area contributed by atoms with Gasteiger partial charge in [-0.1, -0.05) is 37.5 Å². The SMILES string of the molecule is CCCCCC1CC(N)c2cc(C)ccc2O1. The highest BCUT2D eigenvalue weighted by atomic mass is 16.5. The van der Waals surface area contributed by atoms with Gasteiger partial charge in [0.05, 0.1) is 0 Å². The first-order valence-corrected chi connectivity index (χ1v) is 6.73. The molecule has 1 aliphatic heterocycles. The Morgan fingerprint density at radius 1 is 1.35 bits per heavy atom. The van der Waals surface area contributed by atoms with Crippen molar-refractivity contribution in [3.8, 4) is 5.75 Å². The number of ether oxygens (including phenoxy) is 1. The molecule has 0 saturated carbocycles. The Kier molecular flexibility index (Phi) is 4.06. The lowest BCUT2D eigenvalue weighted by atomic mass is 9.93. The van der Waals surface area contributed by atoms with Crippen molar-refractivity contribution >= 4 is 0 Å². The van der Waals surface area contributed by atoms with Gasteiger partial charge in [0, 0.05) is 18.0 Å². The minimum atomic E-state index is 0.144. The minimum absolute atomic E-state index is 0.144. The van der Waals surface area contributed by atoms with Crippen LogP contribution in [0.4, 0.5) is 0 Å². The van der Waals surface area contributed by atoms with Gasteiger partial charge >= 0.3 is 0 Å². The summed E-state index contributed by atoms with van der Waals surface area (Å²) < 4.78 is 6.02. The summed E-state index contributed by atoms with van der Waals surface area (Å²) in [7, 11) is 0. The van der Waals surface area contributed by atoms with E-state index >= 15 is 0 Å². The van der Waals surface area contributed by atoms with E-state index in [2.05, 4.69) is 32.0 Å². The molecular formula is C15H23NO. The number of benzene rings is 1. The molecule has 94 valence electrons. The van der Waals surface area contributed by atoms with E-state index in [1.807, 2.05) is 0 Å². The molecule has 1 heterocycles. The van der Waals surface area contributed by atoms with Crippen LogP contribution in [0.25, 0.3) is 0 Å². The van der Waals surface area contributed by atoms with Gasteiger partial charge < -0.3 is 10.5 Å². The Labute approximate surface area is 104 Å². The molecule has 2 rings (SSSR count). The summed E-state index contributed by atoms with van der Waals surface area (Å²) in [5.41, 5.74) is 8.66. The molecule has 2 N–H and O–H groups in total. The van der Waals surface area contributed by atoms with Gasteiger partial charge in [-0.05, 0) is 25.8 Å². The maximum absolute atomic E-state index is 6.23. The van der Waals surface area contributed by atoms with Crippen molar-refractivity contribution in [1.82, 2.24) is 0 Å². The third kappa shape index (κ3) is 3.01. The molecule has 1 aromatic carbocycles. The molecule has 0 fully saturated rings. The molecule has 2 heteroatoms. The van der Waals surface area contributed by atoms with Gasteiger partial charge in [0.15, 0.2) is 0 Å². The average molecular weight is 233 g/mol. The zero-order chi connectivity index (χ0) is 12.3. The summed E-state index contributed by atoms with van der Waals surface area (Å²) in [6.07, 6.45) is 6.20. The highest BCUT2D eigenvalue weighted by Crippen LogP contribution is 2.35. The van der Waals surface area contributed by atoms with E-state index in [1.54, 1.807) is 0 Å². The first-order valence-electron chi connectivity index (χ1n) is 6.73. The molecule has 1 aliphatic rings. The molecule has 0 spiro atoms. The van der Waals surface area contributed by atoms with Crippen LogP contribution in [0.15, 0.2) is 18.2 Å². The van der Waals surface area contributed by atoms with Crippen LogP contribution in [0.2, 0.25) is 0 Å². The van der Waals surface area contributed by atoms with Crippen LogP contribution < -0.4 is 10.5 Å². The molecule has 2 atom stereocenters. The summed E-state index contributed by atoms with van der Waals surface area (Å²) >= 11 is 0. The molecular weight excluding hydrogens is 210 g/mol. The molecule has 1 aromatic rings. The maximum atomic E-state index is 6.23. The molecule has 2 nitrogen and oxygen atoms in total. The van der Waals surface area contributed by atoms with Crippen LogP contribution in [0, 0.1) is 6.92 Å². The second-order valence-corrected chi connectivity index (χ2v) is 5.12. The minimum Gasteiger partial charge on any atom is -0.490 e. The summed E-state index contributed by atoms with van der Waals surface area (Å²) in [6, 6.07) is 6.46. The molecule has 0 radical (unpaired) electrons. The molecule has 0 saturated heterocycles. The fraction of sp³-hybridized carbons (Fsp3) is 0.600.